The van der Waals surface area contributed by atoms with Gasteiger partial charge in [0.15, 0.2) is 0 Å². The van der Waals surface area contributed by atoms with E-state index in [1.54, 1.807) is 12.1 Å². The maximum Gasteiger partial charge on any atom is 0.218 e. The van der Waals surface area contributed by atoms with Crippen LogP contribution >= 0.6 is 15.9 Å². The largest absolute Gasteiger partial charge is 0.481 e. The third-order valence-electron chi connectivity index (χ3n) is 2.89. The summed E-state index contributed by atoms with van der Waals surface area (Å²) in [4.78, 5) is 3.94. The fraction of sp³-hybridized carbons (Fsp3) is 0.214. The number of pyridine rings is 1. The fourth-order valence-corrected chi connectivity index (χ4v) is 2.26. The molecule has 2 rings (SSSR count). The first-order chi connectivity index (χ1) is 9.54. The number of hydrogen-bond acceptors (Lipinski definition) is 3. The molecule has 0 saturated carbocycles. The third-order valence-corrected chi connectivity index (χ3v) is 3.50. The Morgan fingerprint density at radius 3 is 2.80 bits per heavy atom. The quantitative estimate of drug-likeness (QED) is 0.865. The van der Waals surface area contributed by atoms with Gasteiger partial charge in [0, 0.05) is 23.7 Å². The van der Waals surface area contributed by atoms with Crippen LogP contribution in [0.3, 0.4) is 0 Å². The average molecular weight is 344 g/mol. The van der Waals surface area contributed by atoms with E-state index in [0.717, 1.165) is 6.07 Å². The van der Waals surface area contributed by atoms with Gasteiger partial charge in [0.05, 0.1) is 17.7 Å². The Morgan fingerprint density at radius 2 is 2.10 bits per heavy atom. The van der Waals surface area contributed by atoms with E-state index in [0.29, 0.717) is 5.56 Å². The van der Waals surface area contributed by atoms with Gasteiger partial charge in [-0.2, -0.15) is 0 Å². The normalized spacial score (nSPS) is 12.2. The van der Waals surface area contributed by atoms with E-state index in [1.165, 1.54) is 19.4 Å². The number of aliphatic hydroxyl groups is 1. The number of aliphatic hydroxyl groups excluding tert-OH is 1. The molecular formula is C14H12BrF2NO2. The van der Waals surface area contributed by atoms with Crippen LogP contribution < -0.4 is 4.74 Å². The summed E-state index contributed by atoms with van der Waals surface area (Å²) in [6.07, 6.45) is 0.186. The molecule has 106 valence electrons. The second kappa shape index (κ2) is 6.28. The zero-order chi connectivity index (χ0) is 14.7. The standard InChI is InChI=1S/C14H12BrF2NO2/c1-20-14-8(3-2-6-18-14)12(19)7-9-11(16)5-4-10(15)13(9)17/h2-6,12,19H,7H2,1H3. The Bertz CT molecular complexity index is 622. The summed E-state index contributed by atoms with van der Waals surface area (Å²) in [7, 11) is 1.42. The Morgan fingerprint density at radius 1 is 1.35 bits per heavy atom. The van der Waals surface area contributed by atoms with Gasteiger partial charge in [-0.1, -0.05) is 0 Å². The van der Waals surface area contributed by atoms with E-state index >= 15 is 0 Å². The van der Waals surface area contributed by atoms with E-state index in [1.807, 2.05) is 0 Å². The molecule has 0 fully saturated rings. The van der Waals surface area contributed by atoms with E-state index in [9.17, 15) is 13.9 Å². The predicted molar refractivity (Wildman–Crippen MR) is 73.5 cm³/mol. The molecule has 0 radical (unpaired) electrons. The summed E-state index contributed by atoms with van der Waals surface area (Å²) in [5.41, 5.74) is 0.201. The molecule has 1 aromatic heterocycles. The highest BCUT2D eigenvalue weighted by atomic mass is 79.9. The molecular weight excluding hydrogens is 332 g/mol. The van der Waals surface area contributed by atoms with Gasteiger partial charge in [0.1, 0.15) is 11.6 Å². The average Bonchev–Trinajstić information content (AvgIpc) is 2.47. The monoisotopic (exact) mass is 343 g/mol. The lowest BCUT2D eigenvalue weighted by Gasteiger charge is -2.15. The van der Waals surface area contributed by atoms with Crippen LogP contribution in [0, 0.1) is 11.6 Å². The molecule has 20 heavy (non-hydrogen) atoms. The van der Waals surface area contributed by atoms with Crippen molar-refractivity contribution in [3.8, 4) is 5.88 Å². The van der Waals surface area contributed by atoms with Gasteiger partial charge in [-0.05, 0) is 40.2 Å². The van der Waals surface area contributed by atoms with Crippen molar-refractivity contribution >= 4 is 15.9 Å². The van der Waals surface area contributed by atoms with E-state index in [2.05, 4.69) is 20.9 Å². The molecule has 0 amide bonds. The van der Waals surface area contributed by atoms with Crippen molar-refractivity contribution in [3.05, 3.63) is 57.7 Å². The fourth-order valence-electron chi connectivity index (χ4n) is 1.89. The SMILES string of the molecule is COc1ncccc1C(O)Cc1c(F)ccc(Br)c1F. The van der Waals surface area contributed by atoms with Crippen molar-refractivity contribution in [2.45, 2.75) is 12.5 Å². The van der Waals surface area contributed by atoms with E-state index < -0.39 is 17.7 Å². The number of benzene rings is 1. The Hall–Kier alpha value is -1.53. The van der Waals surface area contributed by atoms with Gasteiger partial charge >= 0.3 is 0 Å². The smallest absolute Gasteiger partial charge is 0.218 e. The Kier molecular flexibility index (Phi) is 4.67. The molecule has 0 aliphatic heterocycles. The molecule has 0 saturated heterocycles. The maximum atomic E-state index is 13.9. The van der Waals surface area contributed by atoms with Crippen LogP contribution in [0.1, 0.15) is 17.2 Å². The lowest BCUT2D eigenvalue weighted by Crippen LogP contribution is -2.08. The zero-order valence-electron chi connectivity index (χ0n) is 10.6. The molecule has 1 aromatic carbocycles. The minimum atomic E-state index is -1.11. The maximum absolute atomic E-state index is 13.9. The highest BCUT2D eigenvalue weighted by Gasteiger charge is 2.20. The Balaban J connectivity index is 2.33. The second-order valence-electron chi connectivity index (χ2n) is 4.14. The zero-order valence-corrected chi connectivity index (χ0v) is 12.2. The number of nitrogens with zero attached hydrogens (tertiary/aromatic N) is 1. The summed E-state index contributed by atoms with van der Waals surface area (Å²) in [6.45, 7) is 0. The van der Waals surface area contributed by atoms with Gasteiger partial charge in [-0.3, -0.25) is 0 Å². The molecule has 1 atom stereocenters. The number of rotatable bonds is 4. The van der Waals surface area contributed by atoms with Crippen molar-refractivity contribution in [2.24, 2.45) is 0 Å². The third kappa shape index (κ3) is 2.96. The number of halogens is 3. The van der Waals surface area contributed by atoms with Crippen LogP contribution in [0.25, 0.3) is 0 Å². The van der Waals surface area contributed by atoms with Crippen LogP contribution in [-0.2, 0) is 6.42 Å². The molecule has 3 nitrogen and oxygen atoms in total. The Labute approximate surface area is 123 Å². The minimum absolute atomic E-state index is 0.152. The molecule has 0 bridgehead atoms. The summed E-state index contributed by atoms with van der Waals surface area (Å²) in [5.74, 6) is -1.18. The van der Waals surface area contributed by atoms with Gasteiger partial charge in [0.2, 0.25) is 5.88 Å². The van der Waals surface area contributed by atoms with Gasteiger partial charge in [0.25, 0.3) is 0 Å². The van der Waals surface area contributed by atoms with Crippen molar-refractivity contribution in [2.75, 3.05) is 7.11 Å². The molecule has 0 aliphatic carbocycles. The van der Waals surface area contributed by atoms with Crippen LogP contribution in [0.5, 0.6) is 5.88 Å². The van der Waals surface area contributed by atoms with Gasteiger partial charge < -0.3 is 9.84 Å². The van der Waals surface area contributed by atoms with Crippen molar-refractivity contribution in [1.29, 1.82) is 0 Å². The molecule has 2 aromatic rings. The van der Waals surface area contributed by atoms with Crippen LogP contribution in [0.2, 0.25) is 0 Å². The lowest BCUT2D eigenvalue weighted by atomic mass is 10.0. The molecule has 1 unspecified atom stereocenters. The van der Waals surface area contributed by atoms with E-state index in [4.69, 9.17) is 4.74 Å². The van der Waals surface area contributed by atoms with Gasteiger partial charge in [-0.25, -0.2) is 13.8 Å². The summed E-state index contributed by atoms with van der Waals surface area (Å²) >= 11 is 2.99. The summed E-state index contributed by atoms with van der Waals surface area (Å²) in [6, 6.07) is 5.65. The topological polar surface area (TPSA) is 42.4 Å². The van der Waals surface area contributed by atoms with Crippen LogP contribution in [0.15, 0.2) is 34.9 Å². The number of methoxy groups -OCH3 is 1. The number of aromatic nitrogens is 1. The van der Waals surface area contributed by atoms with Crippen molar-refractivity contribution in [1.82, 2.24) is 4.98 Å². The van der Waals surface area contributed by atoms with Crippen LogP contribution in [-0.4, -0.2) is 17.2 Å². The lowest BCUT2D eigenvalue weighted by molar-refractivity contribution is 0.170. The highest BCUT2D eigenvalue weighted by Crippen LogP contribution is 2.29. The first-order valence-electron chi connectivity index (χ1n) is 5.84. The van der Waals surface area contributed by atoms with Crippen molar-refractivity contribution in [3.63, 3.8) is 0 Å². The first kappa shape index (κ1) is 14.9. The second-order valence-corrected chi connectivity index (χ2v) is 5.00. The van der Waals surface area contributed by atoms with Crippen molar-refractivity contribution < 1.29 is 18.6 Å². The molecule has 1 N–H and O–H groups in total. The first-order valence-corrected chi connectivity index (χ1v) is 6.63. The van der Waals surface area contributed by atoms with Gasteiger partial charge in [-0.15, -0.1) is 0 Å². The minimum Gasteiger partial charge on any atom is -0.481 e. The molecule has 6 heteroatoms. The van der Waals surface area contributed by atoms with E-state index in [-0.39, 0.29) is 22.3 Å². The number of ether oxygens (including phenoxy) is 1. The summed E-state index contributed by atoms with van der Waals surface area (Å²) in [5, 5.41) is 10.2. The number of hydrogen-bond donors (Lipinski definition) is 1. The molecule has 1 heterocycles. The molecule has 0 aliphatic rings. The molecule has 0 spiro atoms. The predicted octanol–water partition coefficient (Wildman–Crippen LogP) is 3.41. The highest BCUT2D eigenvalue weighted by molar-refractivity contribution is 9.10. The van der Waals surface area contributed by atoms with Crippen LogP contribution in [0.4, 0.5) is 8.78 Å². The summed E-state index contributed by atoms with van der Waals surface area (Å²) < 4.78 is 32.7.